The summed E-state index contributed by atoms with van der Waals surface area (Å²) in [6, 6.07) is 0. The van der Waals surface area contributed by atoms with Crippen molar-refractivity contribution in [3.05, 3.63) is 37.0 Å². The average Bonchev–Trinajstić information content (AvgIpc) is 2.11. The van der Waals surface area contributed by atoms with Gasteiger partial charge in [0.2, 0.25) is 5.91 Å². The molecule has 0 heterocycles. The van der Waals surface area contributed by atoms with Gasteiger partial charge in [-0.05, 0) is 12.5 Å². The van der Waals surface area contributed by atoms with Gasteiger partial charge in [0.25, 0.3) is 0 Å². The molecule has 0 fully saturated rings. The van der Waals surface area contributed by atoms with Gasteiger partial charge >= 0.3 is 0 Å². The molecule has 1 atom stereocenters. The molecule has 0 radical (unpaired) electrons. The molecular weight excluding hydrogens is 166 g/mol. The van der Waals surface area contributed by atoms with E-state index in [1.54, 1.807) is 25.2 Å². The van der Waals surface area contributed by atoms with Gasteiger partial charge in [0.15, 0.2) is 0 Å². The summed E-state index contributed by atoms with van der Waals surface area (Å²) in [5, 5.41) is 0. The van der Waals surface area contributed by atoms with Crippen LogP contribution < -0.4 is 5.73 Å². The van der Waals surface area contributed by atoms with E-state index in [0.29, 0.717) is 6.61 Å². The normalized spacial score (nSPS) is 13.5. The van der Waals surface area contributed by atoms with Crippen LogP contribution >= 0.6 is 0 Å². The molecule has 0 saturated heterocycles. The minimum atomic E-state index is -0.576. The Morgan fingerprint density at radius 1 is 1.62 bits per heavy atom. The quantitative estimate of drug-likeness (QED) is 0.625. The van der Waals surface area contributed by atoms with Crippen molar-refractivity contribution in [1.82, 2.24) is 0 Å². The van der Waals surface area contributed by atoms with Crippen LogP contribution in [0.3, 0.4) is 0 Å². The highest BCUT2D eigenvalue weighted by Gasteiger charge is 2.07. The molecule has 1 unspecified atom stereocenters. The summed E-state index contributed by atoms with van der Waals surface area (Å²) in [6.07, 6.45) is 4.47. The summed E-state index contributed by atoms with van der Waals surface area (Å²) in [6.45, 7) is 9.06. The van der Waals surface area contributed by atoms with Crippen LogP contribution in [0, 0.1) is 0 Å². The van der Waals surface area contributed by atoms with Crippen molar-refractivity contribution in [3.8, 4) is 0 Å². The van der Waals surface area contributed by atoms with Crippen LogP contribution in [0.1, 0.15) is 6.92 Å². The van der Waals surface area contributed by atoms with Gasteiger partial charge in [-0.15, -0.1) is 0 Å². The maximum absolute atomic E-state index is 10.6. The Kier molecular flexibility index (Phi) is 5.55. The minimum Gasteiger partial charge on any atom is -0.367 e. The topological polar surface area (TPSA) is 52.3 Å². The molecule has 0 aliphatic carbocycles. The summed E-state index contributed by atoms with van der Waals surface area (Å²) in [4.78, 5) is 10.6. The number of hydrogen-bond acceptors (Lipinski definition) is 2. The van der Waals surface area contributed by atoms with Crippen molar-refractivity contribution in [1.29, 1.82) is 0 Å². The summed E-state index contributed by atoms with van der Waals surface area (Å²) < 4.78 is 5.15. The Hall–Kier alpha value is -1.35. The Labute approximate surface area is 78.6 Å². The van der Waals surface area contributed by atoms with E-state index in [4.69, 9.17) is 10.5 Å². The lowest BCUT2D eigenvalue weighted by molar-refractivity contribution is -0.127. The van der Waals surface area contributed by atoms with Crippen molar-refractivity contribution in [2.45, 2.75) is 13.0 Å². The predicted molar refractivity (Wildman–Crippen MR) is 53.1 cm³/mol. The van der Waals surface area contributed by atoms with E-state index in [9.17, 15) is 4.79 Å². The summed E-state index contributed by atoms with van der Waals surface area (Å²) >= 11 is 0. The second-order valence-corrected chi connectivity index (χ2v) is 2.54. The van der Waals surface area contributed by atoms with Gasteiger partial charge in [-0.3, -0.25) is 4.79 Å². The number of rotatable bonds is 6. The van der Waals surface area contributed by atoms with E-state index < -0.39 is 12.0 Å². The molecule has 13 heavy (non-hydrogen) atoms. The van der Waals surface area contributed by atoms with Crippen LogP contribution in [-0.4, -0.2) is 18.6 Å². The summed E-state index contributed by atoms with van der Waals surface area (Å²) in [5.74, 6) is -0.470. The van der Waals surface area contributed by atoms with Crippen molar-refractivity contribution < 1.29 is 9.53 Å². The highest BCUT2D eigenvalue weighted by atomic mass is 16.5. The number of amides is 1. The fourth-order valence-electron chi connectivity index (χ4n) is 0.630. The third-order valence-electron chi connectivity index (χ3n) is 1.49. The third kappa shape index (κ3) is 4.98. The van der Waals surface area contributed by atoms with Gasteiger partial charge in [-0.1, -0.05) is 31.4 Å². The Balaban J connectivity index is 3.99. The van der Waals surface area contributed by atoms with Crippen LogP contribution in [0.15, 0.2) is 37.0 Å². The van der Waals surface area contributed by atoms with Crippen LogP contribution in [-0.2, 0) is 9.53 Å². The molecule has 0 spiro atoms. The second kappa shape index (κ2) is 6.20. The van der Waals surface area contributed by atoms with Crippen molar-refractivity contribution in [3.63, 3.8) is 0 Å². The first-order valence-electron chi connectivity index (χ1n) is 3.96. The van der Waals surface area contributed by atoms with Crippen LogP contribution in [0.2, 0.25) is 0 Å². The molecule has 0 aliphatic rings. The SMILES string of the molecule is C=C/C=C(\C=C)COC(C)C(N)=O. The van der Waals surface area contributed by atoms with E-state index in [-0.39, 0.29) is 0 Å². The van der Waals surface area contributed by atoms with E-state index in [1.165, 1.54) is 0 Å². The highest BCUT2D eigenvalue weighted by Crippen LogP contribution is 1.99. The number of ether oxygens (including phenoxy) is 1. The zero-order valence-electron chi connectivity index (χ0n) is 7.82. The lowest BCUT2D eigenvalue weighted by Crippen LogP contribution is -2.28. The molecule has 2 N–H and O–H groups in total. The van der Waals surface area contributed by atoms with Gasteiger partial charge < -0.3 is 10.5 Å². The monoisotopic (exact) mass is 181 g/mol. The number of carbonyl (C=O) groups is 1. The van der Waals surface area contributed by atoms with Gasteiger partial charge in [0, 0.05) is 0 Å². The van der Waals surface area contributed by atoms with Crippen LogP contribution in [0.5, 0.6) is 0 Å². The molecular formula is C10H15NO2. The molecule has 3 heteroatoms. The van der Waals surface area contributed by atoms with E-state index in [2.05, 4.69) is 13.2 Å². The molecule has 0 rings (SSSR count). The van der Waals surface area contributed by atoms with Crippen molar-refractivity contribution in [2.75, 3.05) is 6.61 Å². The molecule has 1 amide bonds. The van der Waals surface area contributed by atoms with Gasteiger partial charge in [0.05, 0.1) is 6.61 Å². The fraction of sp³-hybridized carbons (Fsp3) is 0.300. The Bertz CT molecular complexity index is 231. The molecule has 0 bridgehead atoms. The lowest BCUT2D eigenvalue weighted by Gasteiger charge is -2.08. The molecule has 72 valence electrons. The third-order valence-corrected chi connectivity index (χ3v) is 1.49. The number of carbonyl (C=O) groups excluding carboxylic acids is 1. The maximum Gasteiger partial charge on any atom is 0.246 e. The lowest BCUT2D eigenvalue weighted by atomic mass is 10.2. The first kappa shape index (κ1) is 11.6. The molecule has 0 aromatic heterocycles. The van der Waals surface area contributed by atoms with Gasteiger partial charge in [-0.25, -0.2) is 0 Å². The summed E-state index contributed by atoms with van der Waals surface area (Å²) in [5.41, 5.74) is 5.87. The zero-order chi connectivity index (χ0) is 10.3. The first-order valence-corrected chi connectivity index (χ1v) is 3.96. The number of nitrogens with two attached hydrogens (primary N) is 1. The molecule has 0 aromatic carbocycles. The van der Waals surface area contributed by atoms with Crippen LogP contribution in [0.25, 0.3) is 0 Å². The number of hydrogen-bond donors (Lipinski definition) is 1. The van der Waals surface area contributed by atoms with Gasteiger partial charge in [0.1, 0.15) is 6.10 Å². The second-order valence-electron chi connectivity index (χ2n) is 2.54. The molecule has 0 aromatic rings. The van der Waals surface area contributed by atoms with E-state index >= 15 is 0 Å². The molecule has 3 nitrogen and oxygen atoms in total. The number of primary amides is 1. The largest absolute Gasteiger partial charge is 0.367 e. The van der Waals surface area contributed by atoms with Crippen molar-refractivity contribution in [2.24, 2.45) is 5.73 Å². The van der Waals surface area contributed by atoms with Crippen molar-refractivity contribution >= 4 is 5.91 Å². The number of allylic oxidation sites excluding steroid dienone is 2. The Morgan fingerprint density at radius 2 is 2.23 bits per heavy atom. The van der Waals surface area contributed by atoms with E-state index in [1.807, 2.05) is 0 Å². The zero-order valence-corrected chi connectivity index (χ0v) is 7.82. The minimum absolute atomic E-state index is 0.319. The van der Waals surface area contributed by atoms with Gasteiger partial charge in [-0.2, -0.15) is 0 Å². The summed E-state index contributed by atoms with van der Waals surface area (Å²) in [7, 11) is 0. The van der Waals surface area contributed by atoms with E-state index in [0.717, 1.165) is 5.57 Å². The fourth-order valence-corrected chi connectivity index (χ4v) is 0.630. The first-order chi connectivity index (χ1) is 6.11. The van der Waals surface area contributed by atoms with Crippen LogP contribution in [0.4, 0.5) is 0 Å². The average molecular weight is 181 g/mol. The molecule has 0 saturated carbocycles. The Morgan fingerprint density at radius 3 is 2.62 bits per heavy atom. The molecule has 0 aliphatic heterocycles. The highest BCUT2D eigenvalue weighted by molar-refractivity contribution is 5.78. The standard InChI is InChI=1S/C10H15NO2/c1-4-6-9(5-2)7-13-8(3)10(11)12/h4-6,8H,1-2,7H2,3H3,(H2,11,12)/b9-6+. The smallest absolute Gasteiger partial charge is 0.246 e. The maximum atomic E-state index is 10.6. The predicted octanol–water partition coefficient (Wildman–Crippen LogP) is 1.18.